The summed E-state index contributed by atoms with van der Waals surface area (Å²) in [5, 5.41) is 7.65. The predicted molar refractivity (Wildman–Crippen MR) is 75.3 cm³/mol. The highest BCUT2D eigenvalue weighted by Gasteiger charge is 2.13. The van der Waals surface area contributed by atoms with E-state index in [-0.39, 0.29) is 0 Å². The molecule has 0 radical (unpaired) electrons. The second-order valence-electron chi connectivity index (χ2n) is 4.74. The summed E-state index contributed by atoms with van der Waals surface area (Å²) in [5.74, 6) is 1.64. The minimum absolute atomic E-state index is 0.771. The molecule has 1 aliphatic heterocycles. The van der Waals surface area contributed by atoms with Crippen molar-refractivity contribution in [1.82, 2.24) is 10.6 Å². The Morgan fingerprint density at radius 3 is 2.89 bits per heavy atom. The Kier molecular flexibility index (Phi) is 5.29. The fourth-order valence-corrected chi connectivity index (χ4v) is 2.62. The number of methoxy groups -OCH3 is 1. The summed E-state index contributed by atoms with van der Waals surface area (Å²) >= 11 is 6.20. The molecule has 0 bridgehead atoms. The number of rotatable bonds is 5. The number of hydrogen-bond donors (Lipinski definition) is 2. The van der Waals surface area contributed by atoms with Crippen molar-refractivity contribution in [3.05, 3.63) is 28.8 Å². The van der Waals surface area contributed by atoms with E-state index >= 15 is 0 Å². The van der Waals surface area contributed by atoms with Crippen LogP contribution in [0.4, 0.5) is 0 Å². The summed E-state index contributed by atoms with van der Waals surface area (Å²) in [4.78, 5) is 0. The first-order chi connectivity index (χ1) is 8.81. The van der Waals surface area contributed by atoms with E-state index in [1.807, 2.05) is 18.2 Å². The van der Waals surface area contributed by atoms with Gasteiger partial charge in [-0.15, -0.1) is 0 Å². The van der Waals surface area contributed by atoms with Gasteiger partial charge in [-0.05, 0) is 50.5 Å². The van der Waals surface area contributed by atoms with Gasteiger partial charge in [-0.1, -0.05) is 17.7 Å². The molecule has 0 unspecified atom stereocenters. The van der Waals surface area contributed by atoms with Gasteiger partial charge in [0.15, 0.2) is 0 Å². The zero-order valence-electron chi connectivity index (χ0n) is 10.8. The van der Waals surface area contributed by atoms with Gasteiger partial charge in [0.05, 0.1) is 7.11 Å². The SMILES string of the molecule is COc1cccc(Cl)c1CNCC1CCNCC1. The Labute approximate surface area is 114 Å². The predicted octanol–water partition coefficient (Wildman–Crippen LogP) is 2.44. The van der Waals surface area contributed by atoms with Gasteiger partial charge in [0.1, 0.15) is 5.75 Å². The monoisotopic (exact) mass is 268 g/mol. The number of piperidine rings is 1. The lowest BCUT2D eigenvalue weighted by atomic mass is 9.98. The van der Waals surface area contributed by atoms with E-state index in [1.165, 1.54) is 12.8 Å². The lowest BCUT2D eigenvalue weighted by molar-refractivity contribution is 0.354. The van der Waals surface area contributed by atoms with E-state index in [9.17, 15) is 0 Å². The molecule has 1 aromatic rings. The number of ether oxygens (including phenoxy) is 1. The maximum Gasteiger partial charge on any atom is 0.124 e. The molecule has 1 aliphatic rings. The van der Waals surface area contributed by atoms with E-state index < -0.39 is 0 Å². The molecule has 0 aliphatic carbocycles. The molecule has 2 rings (SSSR count). The van der Waals surface area contributed by atoms with Crippen LogP contribution in [0.2, 0.25) is 5.02 Å². The molecular weight excluding hydrogens is 248 g/mol. The smallest absolute Gasteiger partial charge is 0.124 e. The maximum absolute atomic E-state index is 6.20. The second kappa shape index (κ2) is 6.98. The van der Waals surface area contributed by atoms with Gasteiger partial charge in [-0.2, -0.15) is 0 Å². The molecule has 0 saturated carbocycles. The molecule has 100 valence electrons. The van der Waals surface area contributed by atoms with Crippen LogP contribution in [0.1, 0.15) is 18.4 Å². The molecule has 1 heterocycles. The Hall–Kier alpha value is -0.770. The van der Waals surface area contributed by atoms with E-state index in [1.54, 1.807) is 7.11 Å². The first-order valence-electron chi connectivity index (χ1n) is 6.54. The molecule has 1 fully saturated rings. The minimum Gasteiger partial charge on any atom is -0.496 e. The van der Waals surface area contributed by atoms with Crippen LogP contribution in [0, 0.1) is 5.92 Å². The highest BCUT2D eigenvalue weighted by atomic mass is 35.5. The van der Waals surface area contributed by atoms with Gasteiger partial charge in [0.25, 0.3) is 0 Å². The Morgan fingerprint density at radius 2 is 2.17 bits per heavy atom. The fourth-order valence-electron chi connectivity index (χ4n) is 2.39. The minimum atomic E-state index is 0.771. The molecule has 18 heavy (non-hydrogen) atoms. The van der Waals surface area contributed by atoms with Crippen molar-refractivity contribution in [3.8, 4) is 5.75 Å². The molecule has 0 atom stereocenters. The van der Waals surface area contributed by atoms with Crippen LogP contribution in [0.15, 0.2) is 18.2 Å². The number of hydrogen-bond acceptors (Lipinski definition) is 3. The van der Waals surface area contributed by atoms with Gasteiger partial charge < -0.3 is 15.4 Å². The average molecular weight is 269 g/mol. The van der Waals surface area contributed by atoms with Gasteiger partial charge in [0.2, 0.25) is 0 Å². The largest absolute Gasteiger partial charge is 0.496 e. The van der Waals surface area contributed by atoms with Gasteiger partial charge in [-0.3, -0.25) is 0 Å². The van der Waals surface area contributed by atoms with Crippen molar-refractivity contribution in [2.75, 3.05) is 26.7 Å². The van der Waals surface area contributed by atoms with Crippen LogP contribution >= 0.6 is 11.6 Å². The fraction of sp³-hybridized carbons (Fsp3) is 0.571. The summed E-state index contributed by atoms with van der Waals surface area (Å²) in [6, 6.07) is 5.77. The quantitative estimate of drug-likeness (QED) is 0.861. The topological polar surface area (TPSA) is 33.3 Å². The van der Waals surface area contributed by atoms with Crippen molar-refractivity contribution in [3.63, 3.8) is 0 Å². The lowest BCUT2D eigenvalue weighted by Gasteiger charge is -2.23. The molecule has 0 aromatic heterocycles. The lowest BCUT2D eigenvalue weighted by Crippen LogP contribution is -2.33. The van der Waals surface area contributed by atoms with Gasteiger partial charge >= 0.3 is 0 Å². The van der Waals surface area contributed by atoms with Crippen LogP contribution in [0.5, 0.6) is 5.75 Å². The third kappa shape index (κ3) is 3.61. The van der Waals surface area contributed by atoms with Gasteiger partial charge in [0, 0.05) is 17.1 Å². The zero-order valence-corrected chi connectivity index (χ0v) is 11.6. The van der Waals surface area contributed by atoms with Crippen molar-refractivity contribution >= 4 is 11.6 Å². The third-order valence-corrected chi connectivity index (χ3v) is 3.84. The van der Waals surface area contributed by atoms with E-state index in [0.717, 1.165) is 48.4 Å². The second-order valence-corrected chi connectivity index (χ2v) is 5.15. The van der Waals surface area contributed by atoms with Crippen molar-refractivity contribution < 1.29 is 4.74 Å². The number of halogens is 1. The molecule has 0 amide bonds. The average Bonchev–Trinajstić information content (AvgIpc) is 2.41. The highest BCUT2D eigenvalue weighted by Crippen LogP contribution is 2.26. The Bertz CT molecular complexity index is 378. The van der Waals surface area contributed by atoms with E-state index in [4.69, 9.17) is 16.3 Å². The zero-order chi connectivity index (χ0) is 12.8. The molecule has 1 aromatic carbocycles. The maximum atomic E-state index is 6.20. The Morgan fingerprint density at radius 1 is 1.39 bits per heavy atom. The normalized spacial score (nSPS) is 16.8. The first-order valence-corrected chi connectivity index (χ1v) is 6.92. The van der Waals surface area contributed by atoms with Crippen molar-refractivity contribution in [2.45, 2.75) is 19.4 Å². The molecule has 4 heteroatoms. The van der Waals surface area contributed by atoms with Crippen LogP contribution in [0.25, 0.3) is 0 Å². The third-order valence-electron chi connectivity index (χ3n) is 3.49. The van der Waals surface area contributed by atoms with Crippen molar-refractivity contribution in [1.29, 1.82) is 0 Å². The summed E-state index contributed by atoms with van der Waals surface area (Å²) in [5.41, 5.74) is 1.05. The van der Waals surface area contributed by atoms with E-state index in [0.29, 0.717) is 0 Å². The van der Waals surface area contributed by atoms with Crippen molar-refractivity contribution in [2.24, 2.45) is 5.92 Å². The summed E-state index contributed by atoms with van der Waals surface area (Å²) in [7, 11) is 1.68. The molecular formula is C14H21ClN2O. The summed E-state index contributed by atoms with van der Waals surface area (Å²) < 4.78 is 5.33. The molecule has 3 nitrogen and oxygen atoms in total. The summed E-state index contributed by atoms with van der Waals surface area (Å²) in [6.45, 7) is 4.10. The van der Waals surface area contributed by atoms with Crippen LogP contribution in [-0.2, 0) is 6.54 Å². The standard InChI is InChI=1S/C14H21ClN2O/c1-18-14-4-2-3-13(15)12(14)10-17-9-11-5-7-16-8-6-11/h2-4,11,16-17H,5-10H2,1H3. The molecule has 0 spiro atoms. The first kappa shape index (κ1) is 13.7. The highest BCUT2D eigenvalue weighted by molar-refractivity contribution is 6.31. The molecule has 2 N–H and O–H groups in total. The van der Waals surface area contributed by atoms with Gasteiger partial charge in [-0.25, -0.2) is 0 Å². The summed E-state index contributed by atoms with van der Waals surface area (Å²) in [6.07, 6.45) is 2.51. The number of benzene rings is 1. The molecule has 1 saturated heterocycles. The number of nitrogens with one attached hydrogen (secondary N) is 2. The van der Waals surface area contributed by atoms with E-state index in [2.05, 4.69) is 10.6 Å². The van der Waals surface area contributed by atoms with Crippen LogP contribution in [0.3, 0.4) is 0 Å². The Balaban J connectivity index is 1.85. The van der Waals surface area contributed by atoms with Crippen LogP contribution < -0.4 is 15.4 Å². The van der Waals surface area contributed by atoms with Crippen LogP contribution in [-0.4, -0.2) is 26.7 Å².